The monoisotopic (exact) mass is 175 g/mol. The first-order valence-electron chi connectivity index (χ1n) is 3.91. The van der Waals surface area contributed by atoms with Gasteiger partial charge in [0, 0.05) is 13.1 Å². The van der Waals surface area contributed by atoms with Crippen molar-refractivity contribution in [2.45, 2.75) is 6.10 Å². The zero-order valence-corrected chi connectivity index (χ0v) is 6.78. The third kappa shape index (κ3) is 3.66. The molecule has 1 fully saturated rings. The summed E-state index contributed by atoms with van der Waals surface area (Å²) in [5.74, 6) is -0.946. The van der Waals surface area contributed by atoms with Gasteiger partial charge < -0.3 is 19.9 Å². The molecule has 0 spiro atoms. The Morgan fingerprint density at radius 2 is 2.58 bits per heavy atom. The molecule has 1 aliphatic rings. The highest BCUT2D eigenvalue weighted by Gasteiger charge is 2.13. The standard InChI is InChI=1S/C7H13NO4/c9-7(10)5-11-4-6-3-8-1-2-12-6/h6,8H,1-5H2,(H,9,10). The van der Waals surface area contributed by atoms with Gasteiger partial charge in [0.05, 0.1) is 19.3 Å². The van der Waals surface area contributed by atoms with E-state index < -0.39 is 5.97 Å². The summed E-state index contributed by atoms with van der Waals surface area (Å²) >= 11 is 0. The summed E-state index contributed by atoms with van der Waals surface area (Å²) < 4.78 is 10.1. The molecule has 0 aromatic heterocycles. The van der Waals surface area contributed by atoms with E-state index in [9.17, 15) is 4.79 Å². The van der Waals surface area contributed by atoms with E-state index in [-0.39, 0.29) is 12.7 Å². The van der Waals surface area contributed by atoms with Crippen LogP contribution in [0.3, 0.4) is 0 Å². The van der Waals surface area contributed by atoms with E-state index in [0.717, 1.165) is 13.1 Å². The minimum absolute atomic E-state index is 0.00176. The van der Waals surface area contributed by atoms with Gasteiger partial charge in [-0.25, -0.2) is 4.79 Å². The zero-order chi connectivity index (χ0) is 8.81. The van der Waals surface area contributed by atoms with Crippen LogP contribution in [-0.4, -0.2) is 50.1 Å². The van der Waals surface area contributed by atoms with Gasteiger partial charge >= 0.3 is 5.97 Å². The molecule has 1 atom stereocenters. The Morgan fingerprint density at radius 1 is 1.75 bits per heavy atom. The highest BCUT2D eigenvalue weighted by atomic mass is 16.5. The first-order valence-corrected chi connectivity index (χ1v) is 3.91. The molecule has 0 aromatic rings. The van der Waals surface area contributed by atoms with E-state index in [1.54, 1.807) is 0 Å². The average Bonchev–Trinajstić information content (AvgIpc) is 2.05. The molecule has 0 bridgehead atoms. The second-order valence-electron chi connectivity index (χ2n) is 2.61. The molecule has 0 saturated carbocycles. The number of rotatable bonds is 4. The lowest BCUT2D eigenvalue weighted by atomic mass is 10.3. The average molecular weight is 175 g/mol. The molecule has 0 aliphatic carbocycles. The first kappa shape index (κ1) is 9.44. The predicted octanol–water partition coefficient (Wildman–Crippen LogP) is -0.924. The van der Waals surface area contributed by atoms with Crippen LogP contribution >= 0.6 is 0 Å². The third-order valence-corrected chi connectivity index (χ3v) is 1.53. The molecule has 12 heavy (non-hydrogen) atoms. The molecule has 0 radical (unpaired) electrons. The molecular formula is C7H13NO4. The molecule has 5 heteroatoms. The molecule has 1 saturated heterocycles. The molecule has 1 aliphatic heterocycles. The second-order valence-corrected chi connectivity index (χ2v) is 2.61. The molecule has 70 valence electrons. The number of morpholine rings is 1. The highest BCUT2D eigenvalue weighted by molar-refractivity contribution is 5.67. The Hall–Kier alpha value is -0.650. The molecular weight excluding hydrogens is 162 g/mol. The van der Waals surface area contributed by atoms with E-state index in [4.69, 9.17) is 14.6 Å². The summed E-state index contributed by atoms with van der Waals surface area (Å²) in [4.78, 5) is 10.1. The fourth-order valence-electron chi connectivity index (χ4n) is 1.00. The lowest BCUT2D eigenvalue weighted by Crippen LogP contribution is -2.41. The Morgan fingerprint density at radius 3 is 3.17 bits per heavy atom. The Kier molecular flexibility index (Phi) is 3.99. The van der Waals surface area contributed by atoms with E-state index in [1.165, 1.54) is 0 Å². The van der Waals surface area contributed by atoms with Gasteiger partial charge in [0.1, 0.15) is 6.61 Å². The van der Waals surface area contributed by atoms with Crippen LogP contribution in [0, 0.1) is 0 Å². The summed E-state index contributed by atoms with van der Waals surface area (Å²) in [6, 6.07) is 0. The van der Waals surface area contributed by atoms with Crippen LogP contribution in [0.25, 0.3) is 0 Å². The van der Waals surface area contributed by atoms with Crippen LogP contribution in [0.5, 0.6) is 0 Å². The summed E-state index contributed by atoms with van der Waals surface area (Å²) in [6.45, 7) is 2.36. The van der Waals surface area contributed by atoms with Crippen LogP contribution in [0.15, 0.2) is 0 Å². The first-order chi connectivity index (χ1) is 5.79. The third-order valence-electron chi connectivity index (χ3n) is 1.53. The van der Waals surface area contributed by atoms with Gasteiger partial charge in [0.15, 0.2) is 0 Å². The van der Waals surface area contributed by atoms with Crippen molar-refractivity contribution in [3.05, 3.63) is 0 Å². The number of hydrogen-bond donors (Lipinski definition) is 2. The lowest BCUT2D eigenvalue weighted by molar-refractivity contribution is -0.144. The van der Waals surface area contributed by atoms with Gasteiger partial charge in [-0.15, -0.1) is 0 Å². The number of carboxylic acids is 1. The molecule has 2 N–H and O–H groups in total. The summed E-state index contributed by atoms with van der Waals surface area (Å²) in [7, 11) is 0. The number of carbonyl (C=O) groups is 1. The number of hydrogen-bond acceptors (Lipinski definition) is 4. The van der Waals surface area contributed by atoms with Crippen molar-refractivity contribution >= 4 is 5.97 Å². The summed E-state index contributed by atoms with van der Waals surface area (Å²) in [6.07, 6.45) is -0.00176. The topological polar surface area (TPSA) is 67.8 Å². The van der Waals surface area contributed by atoms with Crippen molar-refractivity contribution in [1.29, 1.82) is 0 Å². The van der Waals surface area contributed by atoms with Gasteiger partial charge in [-0.2, -0.15) is 0 Å². The maximum atomic E-state index is 10.1. The van der Waals surface area contributed by atoms with Crippen molar-refractivity contribution in [1.82, 2.24) is 5.32 Å². The molecule has 5 nitrogen and oxygen atoms in total. The van der Waals surface area contributed by atoms with Crippen LogP contribution in [0.4, 0.5) is 0 Å². The zero-order valence-electron chi connectivity index (χ0n) is 6.78. The van der Waals surface area contributed by atoms with Gasteiger partial charge in [0.25, 0.3) is 0 Å². The van der Waals surface area contributed by atoms with Gasteiger partial charge in [-0.3, -0.25) is 0 Å². The molecule has 1 rings (SSSR count). The SMILES string of the molecule is O=C(O)COCC1CNCCO1. The minimum atomic E-state index is -0.946. The normalized spacial score (nSPS) is 23.8. The Balaban J connectivity index is 2.01. The van der Waals surface area contributed by atoms with E-state index in [1.807, 2.05) is 0 Å². The fraction of sp³-hybridized carbons (Fsp3) is 0.857. The summed E-state index contributed by atoms with van der Waals surface area (Å²) in [5, 5.41) is 11.4. The minimum Gasteiger partial charge on any atom is -0.480 e. The smallest absolute Gasteiger partial charge is 0.329 e. The maximum Gasteiger partial charge on any atom is 0.329 e. The van der Waals surface area contributed by atoms with Crippen molar-refractivity contribution in [2.24, 2.45) is 0 Å². The van der Waals surface area contributed by atoms with Crippen LogP contribution in [-0.2, 0) is 14.3 Å². The number of carboxylic acid groups (broad SMARTS) is 1. The fourth-order valence-corrected chi connectivity index (χ4v) is 1.00. The van der Waals surface area contributed by atoms with Crippen LogP contribution < -0.4 is 5.32 Å². The number of ether oxygens (including phenoxy) is 2. The lowest BCUT2D eigenvalue weighted by Gasteiger charge is -2.22. The molecule has 1 unspecified atom stereocenters. The number of aliphatic carboxylic acids is 1. The summed E-state index contributed by atoms with van der Waals surface area (Å²) in [5.41, 5.74) is 0. The Bertz CT molecular complexity index is 144. The van der Waals surface area contributed by atoms with Crippen molar-refractivity contribution in [3.8, 4) is 0 Å². The van der Waals surface area contributed by atoms with Crippen LogP contribution in [0.1, 0.15) is 0 Å². The van der Waals surface area contributed by atoms with Crippen molar-refractivity contribution in [3.63, 3.8) is 0 Å². The second kappa shape index (κ2) is 5.08. The number of nitrogens with one attached hydrogen (secondary N) is 1. The van der Waals surface area contributed by atoms with Gasteiger partial charge in [-0.05, 0) is 0 Å². The van der Waals surface area contributed by atoms with Crippen molar-refractivity contribution < 1.29 is 19.4 Å². The predicted molar refractivity (Wildman–Crippen MR) is 41.1 cm³/mol. The van der Waals surface area contributed by atoms with Gasteiger partial charge in [-0.1, -0.05) is 0 Å². The van der Waals surface area contributed by atoms with Crippen molar-refractivity contribution in [2.75, 3.05) is 32.9 Å². The van der Waals surface area contributed by atoms with Crippen LogP contribution in [0.2, 0.25) is 0 Å². The largest absolute Gasteiger partial charge is 0.480 e. The van der Waals surface area contributed by atoms with E-state index in [0.29, 0.717) is 13.2 Å². The quantitative estimate of drug-likeness (QED) is 0.578. The Labute approximate surface area is 70.7 Å². The maximum absolute atomic E-state index is 10.1. The molecule has 1 heterocycles. The van der Waals surface area contributed by atoms with Gasteiger partial charge in [0.2, 0.25) is 0 Å². The van der Waals surface area contributed by atoms with E-state index >= 15 is 0 Å². The molecule has 0 amide bonds. The highest BCUT2D eigenvalue weighted by Crippen LogP contribution is 1.95. The molecule has 0 aromatic carbocycles. The van der Waals surface area contributed by atoms with E-state index in [2.05, 4.69) is 5.32 Å².